The first-order valence-electron chi connectivity index (χ1n) is 5.05. The highest BCUT2D eigenvalue weighted by Gasteiger charge is 2.48. The number of allylic oxidation sites excluding steroid dienone is 1. The van der Waals surface area contributed by atoms with Crippen LogP contribution in [0.3, 0.4) is 0 Å². The highest BCUT2D eigenvalue weighted by molar-refractivity contribution is 14.1. The first-order valence-corrected chi connectivity index (χ1v) is 7.57. The molecule has 3 amide bonds. The van der Waals surface area contributed by atoms with E-state index < -0.39 is 33.8 Å². The molecule has 0 aromatic carbocycles. The highest BCUT2D eigenvalue weighted by atomic mass is 127. The lowest BCUT2D eigenvalue weighted by atomic mass is 10.1. The van der Waals surface area contributed by atoms with Gasteiger partial charge in [-0.25, -0.2) is 12.7 Å². The number of nitrogens with zero attached hydrogens (tertiary/aromatic N) is 1. The molecule has 98 valence electrons. The second-order valence-corrected chi connectivity index (χ2v) is 6.98. The second-order valence-electron chi connectivity index (χ2n) is 3.94. The zero-order valence-electron chi connectivity index (χ0n) is 9.27. The van der Waals surface area contributed by atoms with Crippen LogP contribution < -0.4 is 5.32 Å². The van der Waals surface area contributed by atoms with E-state index in [0.29, 0.717) is 4.31 Å². The van der Waals surface area contributed by atoms with Gasteiger partial charge in [-0.1, -0.05) is 0 Å². The van der Waals surface area contributed by atoms with Gasteiger partial charge in [0, 0.05) is 6.42 Å². The van der Waals surface area contributed by atoms with Crippen molar-refractivity contribution >= 4 is 50.3 Å². The summed E-state index contributed by atoms with van der Waals surface area (Å²) in [6.45, 7) is 1.32. The molecule has 0 radical (unpaired) electrons. The van der Waals surface area contributed by atoms with Gasteiger partial charge in [0.2, 0.25) is 5.91 Å². The molecule has 1 fully saturated rings. The largest absolute Gasteiger partial charge is 0.295 e. The Bertz CT molecular complexity index is 594. The summed E-state index contributed by atoms with van der Waals surface area (Å²) < 4.78 is 24.7. The SMILES string of the molecule is CC1=C(I)C(=O)N(C2CCC(=O)NC2=O)S1(=O)=O. The first-order chi connectivity index (χ1) is 8.26. The Morgan fingerprint density at radius 2 is 1.94 bits per heavy atom. The summed E-state index contributed by atoms with van der Waals surface area (Å²) in [4.78, 5) is 34.5. The summed E-state index contributed by atoms with van der Waals surface area (Å²) in [7, 11) is -3.93. The maximum atomic E-state index is 12.0. The van der Waals surface area contributed by atoms with Crippen LogP contribution in [-0.2, 0) is 24.4 Å². The van der Waals surface area contributed by atoms with Crippen molar-refractivity contribution in [2.45, 2.75) is 25.8 Å². The Hall–Kier alpha value is -0.970. The Kier molecular flexibility index (Phi) is 3.21. The minimum absolute atomic E-state index is 0.0192. The minimum Gasteiger partial charge on any atom is -0.295 e. The van der Waals surface area contributed by atoms with Crippen LogP contribution >= 0.6 is 22.6 Å². The molecule has 1 atom stereocenters. The highest BCUT2D eigenvalue weighted by Crippen LogP contribution is 2.34. The van der Waals surface area contributed by atoms with Gasteiger partial charge in [0.25, 0.3) is 21.8 Å². The number of carbonyl (C=O) groups excluding carboxylic acids is 3. The van der Waals surface area contributed by atoms with Gasteiger partial charge in [-0.15, -0.1) is 0 Å². The molecule has 2 aliphatic heterocycles. The summed E-state index contributed by atoms with van der Waals surface area (Å²) in [6, 6.07) is -1.14. The molecule has 0 bridgehead atoms. The molecule has 0 aromatic heterocycles. The van der Waals surface area contributed by atoms with Crippen molar-refractivity contribution in [2.75, 3.05) is 0 Å². The van der Waals surface area contributed by atoms with E-state index in [-0.39, 0.29) is 21.3 Å². The monoisotopic (exact) mass is 384 g/mol. The Morgan fingerprint density at radius 3 is 2.39 bits per heavy atom. The number of rotatable bonds is 1. The zero-order chi connectivity index (χ0) is 13.7. The fourth-order valence-corrected chi connectivity index (χ4v) is 4.55. The molecule has 0 spiro atoms. The van der Waals surface area contributed by atoms with Crippen LogP contribution in [0.1, 0.15) is 19.8 Å². The average Bonchev–Trinajstić information content (AvgIpc) is 2.42. The van der Waals surface area contributed by atoms with Gasteiger partial charge < -0.3 is 0 Å². The smallest absolute Gasteiger partial charge is 0.275 e. The van der Waals surface area contributed by atoms with E-state index in [1.165, 1.54) is 6.92 Å². The predicted octanol–water partition coefficient (Wildman–Crippen LogP) is -0.370. The van der Waals surface area contributed by atoms with Crippen molar-refractivity contribution < 1.29 is 22.8 Å². The summed E-state index contributed by atoms with van der Waals surface area (Å²) in [5, 5.41) is 2.04. The van der Waals surface area contributed by atoms with E-state index in [9.17, 15) is 22.8 Å². The van der Waals surface area contributed by atoms with Gasteiger partial charge in [0.05, 0.1) is 8.48 Å². The molecule has 2 aliphatic rings. The molecule has 2 heterocycles. The van der Waals surface area contributed by atoms with E-state index >= 15 is 0 Å². The fourth-order valence-electron chi connectivity index (χ4n) is 1.83. The van der Waals surface area contributed by atoms with Crippen LogP contribution in [0.2, 0.25) is 0 Å². The second kappa shape index (κ2) is 4.30. The number of carbonyl (C=O) groups is 3. The molecule has 18 heavy (non-hydrogen) atoms. The van der Waals surface area contributed by atoms with E-state index in [2.05, 4.69) is 0 Å². The van der Waals surface area contributed by atoms with Gasteiger partial charge in [-0.2, -0.15) is 0 Å². The van der Waals surface area contributed by atoms with E-state index in [0.717, 1.165) is 0 Å². The van der Waals surface area contributed by atoms with Crippen molar-refractivity contribution in [2.24, 2.45) is 0 Å². The number of amides is 3. The number of imide groups is 1. The Morgan fingerprint density at radius 1 is 1.33 bits per heavy atom. The standard InChI is InChI=1S/C9H9IN2O5S/c1-4-7(10)9(15)12(18(4,16)17)5-2-3-6(13)11-8(5)14/h5H,2-3H2,1H3,(H,11,13,14). The fraction of sp³-hybridized carbons (Fsp3) is 0.444. The van der Waals surface area contributed by atoms with E-state index in [1.807, 2.05) is 5.32 Å². The molecule has 1 unspecified atom stereocenters. The van der Waals surface area contributed by atoms with Crippen molar-refractivity contribution in [3.05, 3.63) is 8.48 Å². The van der Waals surface area contributed by atoms with Crippen LogP contribution in [0.5, 0.6) is 0 Å². The van der Waals surface area contributed by atoms with E-state index in [4.69, 9.17) is 0 Å². The van der Waals surface area contributed by atoms with Crippen LogP contribution in [0.25, 0.3) is 0 Å². The number of nitrogens with one attached hydrogen (secondary N) is 1. The summed E-state index contributed by atoms with van der Waals surface area (Å²) >= 11 is 1.64. The lowest BCUT2D eigenvalue weighted by Gasteiger charge is -2.28. The minimum atomic E-state index is -3.93. The van der Waals surface area contributed by atoms with Crippen LogP contribution in [0.4, 0.5) is 0 Å². The normalized spacial score (nSPS) is 27.8. The van der Waals surface area contributed by atoms with Crippen molar-refractivity contribution in [1.82, 2.24) is 9.62 Å². The van der Waals surface area contributed by atoms with Crippen LogP contribution in [0, 0.1) is 0 Å². The zero-order valence-corrected chi connectivity index (χ0v) is 12.2. The molecule has 0 aromatic rings. The molecular formula is C9H9IN2O5S. The van der Waals surface area contributed by atoms with Crippen molar-refractivity contribution in [3.8, 4) is 0 Å². The average molecular weight is 384 g/mol. The number of hydrogen-bond donors (Lipinski definition) is 1. The van der Waals surface area contributed by atoms with E-state index in [1.54, 1.807) is 22.6 Å². The summed E-state index contributed by atoms with van der Waals surface area (Å²) in [5.41, 5.74) is 0. The maximum absolute atomic E-state index is 12.0. The van der Waals surface area contributed by atoms with Gasteiger partial charge in [-0.3, -0.25) is 19.7 Å². The third-order valence-corrected chi connectivity index (χ3v) is 6.39. The van der Waals surface area contributed by atoms with Crippen molar-refractivity contribution in [3.63, 3.8) is 0 Å². The molecule has 1 saturated heterocycles. The van der Waals surface area contributed by atoms with Gasteiger partial charge in [0.1, 0.15) is 6.04 Å². The molecule has 1 N–H and O–H groups in total. The third-order valence-electron chi connectivity index (χ3n) is 2.84. The molecule has 0 aliphatic carbocycles. The lowest BCUT2D eigenvalue weighted by Crippen LogP contribution is -2.54. The van der Waals surface area contributed by atoms with Gasteiger partial charge >= 0.3 is 0 Å². The summed E-state index contributed by atoms with van der Waals surface area (Å²) in [6.07, 6.45) is 0.0399. The van der Waals surface area contributed by atoms with Crippen LogP contribution in [-0.4, -0.2) is 36.5 Å². The Labute approximate surface area is 117 Å². The molecular weight excluding hydrogens is 375 g/mol. The topological polar surface area (TPSA) is 101 Å². The number of hydrogen-bond acceptors (Lipinski definition) is 5. The van der Waals surface area contributed by atoms with Gasteiger partial charge in [0.15, 0.2) is 0 Å². The number of piperidine rings is 1. The third kappa shape index (κ3) is 1.85. The van der Waals surface area contributed by atoms with Crippen LogP contribution in [0.15, 0.2) is 8.48 Å². The summed E-state index contributed by atoms with van der Waals surface area (Å²) in [5.74, 6) is -1.91. The maximum Gasteiger partial charge on any atom is 0.275 e. The molecule has 2 rings (SSSR count). The predicted molar refractivity (Wildman–Crippen MR) is 68.7 cm³/mol. The first kappa shape index (κ1) is 13.5. The Balaban J connectivity index is 2.39. The number of halogens is 1. The number of sulfonamides is 1. The molecule has 9 heteroatoms. The lowest BCUT2D eigenvalue weighted by molar-refractivity contribution is -0.139. The van der Waals surface area contributed by atoms with Crippen molar-refractivity contribution in [1.29, 1.82) is 0 Å². The van der Waals surface area contributed by atoms with Gasteiger partial charge in [-0.05, 0) is 35.9 Å². The molecule has 7 nitrogen and oxygen atoms in total. The quantitative estimate of drug-likeness (QED) is 0.491. The molecule has 0 saturated carbocycles.